The van der Waals surface area contributed by atoms with Crippen molar-refractivity contribution in [2.24, 2.45) is 5.92 Å². The van der Waals surface area contributed by atoms with Gasteiger partial charge in [0.05, 0.1) is 6.61 Å². The first-order valence-corrected chi connectivity index (χ1v) is 9.75. The van der Waals surface area contributed by atoms with Crippen LogP contribution in [-0.4, -0.2) is 45.8 Å². The van der Waals surface area contributed by atoms with Crippen LogP contribution >= 0.6 is 0 Å². The third-order valence-corrected chi connectivity index (χ3v) is 5.17. The van der Waals surface area contributed by atoms with Crippen LogP contribution in [0.5, 0.6) is 6.01 Å². The van der Waals surface area contributed by atoms with Gasteiger partial charge in [-0.1, -0.05) is 13.0 Å². The predicted octanol–water partition coefficient (Wildman–Crippen LogP) is 1.88. The topological polar surface area (TPSA) is 85.2 Å². The number of nitrogens with zero attached hydrogens (tertiary/aromatic N) is 5. The third-order valence-electron chi connectivity index (χ3n) is 5.17. The van der Waals surface area contributed by atoms with Crippen LogP contribution in [0.2, 0.25) is 0 Å². The minimum atomic E-state index is 0.0977. The highest BCUT2D eigenvalue weighted by molar-refractivity contribution is 5.40. The first-order chi connectivity index (χ1) is 13.2. The SMILES string of the molecule is CCCNc1nc(OCC)nc(N2C[C@H]3C[C@@H](C2)c2cccc(=O)n2C3)n1. The molecular weight excluding hydrogens is 344 g/mol. The van der Waals surface area contributed by atoms with E-state index < -0.39 is 0 Å². The van der Waals surface area contributed by atoms with Crippen LogP contribution in [0.1, 0.15) is 38.3 Å². The van der Waals surface area contributed by atoms with Crippen molar-refractivity contribution in [2.75, 3.05) is 36.5 Å². The lowest BCUT2D eigenvalue weighted by Crippen LogP contribution is -2.47. The van der Waals surface area contributed by atoms with Crippen LogP contribution in [0, 0.1) is 5.92 Å². The Morgan fingerprint density at radius 3 is 2.89 bits per heavy atom. The van der Waals surface area contributed by atoms with E-state index in [1.807, 2.05) is 17.6 Å². The second-order valence-electron chi connectivity index (χ2n) is 7.20. The molecule has 0 aliphatic carbocycles. The lowest BCUT2D eigenvalue weighted by atomic mass is 9.83. The molecule has 144 valence electrons. The Balaban J connectivity index is 1.63. The molecule has 0 radical (unpaired) electrons. The Kier molecular flexibility index (Phi) is 4.96. The standard InChI is InChI=1S/C19H26N6O2/c1-3-8-20-17-21-18(23-19(22-17)27-4-2)24-10-13-9-14(12-24)15-6-5-7-16(26)25(15)11-13/h5-7,13-14H,3-4,8-12H2,1-2H3,(H,20,21,22,23)/t13-,14+/m1/s1. The average molecular weight is 370 g/mol. The van der Waals surface area contributed by atoms with E-state index in [2.05, 4.69) is 38.2 Å². The molecule has 27 heavy (non-hydrogen) atoms. The Morgan fingerprint density at radius 2 is 2.07 bits per heavy atom. The van der Waals surface area contributed by atoms with Crippen LogP contribution < -0.4 is 20.5 Å². The normalized spacial score (nSPS) is 20.9. The fourth-order valence-electron chi connectivity index (χ4n) is 4.06. The number of piperidine rings is 1. The number of anilines is 2. The van der Waals surface area contributed by atoms with E-state index in [0.29, 0.717) is 36.3 Å². The van der Waals surface area contributed by atoms with Crippen molar-refractivity contribution in [3.05, 3.63) is 34.2 Å². The molecule has 4 heterocycles. The van der Waals surface area contributed by atoms with Crippen LogP contribution in [0.4, 0.5) is 11.9 Å². The maximum atomic E-state index is 12.2. The summed E-state index contributed by atoms with van der Waals surface area (Å²) in [6.07, 6.45) is 2.09. The molecule has 8 nitrogen and oxygen atoms in total. The number of ether oxygens (including phenoxy) is 1. The molecule has 0 amide bonds. The summed E-state index contributed by atoms with van der Waals surface area (Å²) in [5.74, 6) is 1.92. The summed E-state index contributed by atoms with van der Waals surface area (Å²) < 4.78 is 7.48. The van der Waals surface area contributed by atoms with Crippen LogP contribution in [0.3, 0.4) is 0 Å². The van der Waals surface area contributed by atoms with Crippen molar-refractivity contribution >= 4 is 11.9 Å². The van der Waals surface area contributed by atoms with Gasteiger partial charge in [0.2, 0.25) is 11.9 Å². The van der Waals surface area contributed by atoms with Crippen molar-refractivity contribution in [1.29, 1.82) is 0 Å². The molecule has 2 atom stereocenters. The molecule has 0 aromatic carbocycles. The van der Waals surface area contributed by atoms with E-state index in [-0.39, 0.29) is 5.56 Å². The quantitative estimate of drug-likeness (QED) is 0.831. The monoisotopic (exact) mass is 370 g/mol. The molecule has 2 bridgehead atoms. The molecule has 2 aromatic heterocycles. The Hall–Kier alpha value is -2.64. The second kappa shape index (κ2) is 7.54. The predicted molar refractivity (Wildman–Crippen MR) is 104 cm³/mol. The van der Waals surface area contributed by atoms with Gasteiger partial charge in [0.25, 0.3) is 5.56 Å². The van der Waals surface area contributed by atoms with E-state index in [9.17, 15) is 4.79 Å². The number of nitrogens with one attached hydrogen (secondary N) is 1. The molecule has 2 aromatic rings. The van der Waals surface area contributed by atoms with Gasteiger partial charge in [0.1, 0.15) is 0 Å². The zero-order valence-corrected chi connectivity index (χ0v) is 15.9. The zero-order chi connectivity index (χ0) is 18.8. The maximum Gasteiger partial charge on any atom is 0.323 e. The Labute approximate surface area is 158 Å². The smallest absolute Gasteiger partial charge is 0.323 e. The van der Waals surface area contributed by atoms with Gasteiger partial charge in [-0.3, -0.25) is 4.79 Å². The Morgan fingerprint density at radius 1 is 1.19 bits per heavy atom. The summed E-state index contributed by atoms with van der Waals surface area (Å²) in [5.41, 5.74) is 1.22. The number of aromatic nitrogens is 4. The van der Waals surface area contributed by atoms with Gasteiger partial charge in [-0.25, -0.2) is 0 Å². The maximum absolute atomic E-state index is 12.2. The average Bonchev–Trinajstić information content (AvgIpc) is 2.67. The molecule has 1 saturated heterocycles. The van der Waals surface area contributed by atoms with Gasteiger partial charge in [0.15, 0.2) is 0 Å². The molecular formula is C19H26N6O2. The lowest BCUT2D eigenvalue weighted by molar-refractivity contribution is 0.277. The van der Waals surface area contributed by atoms with Crippen molar-refractivity contribution in [2.45, 2.75) is 39.2 Å². The number of pyridine rings is 1. The fourth-order valence-corrected chi connectivity index (χ4v) is 4.06. The first kappa shape index (κ1) is 17.8. The van der Waals surface area contributed by atoms with Gasteiger partial charge in [-0.05, 0) is 31.7 Å². The van der Waals surface area contributed by atoms with Gasteiger partial charge >= 0.3 is 6.01 Å². The van der Waals surface area contributed by atoms with Gasteiger partial charge < -0.3 is 19.5 Å². The van der Waals surface area contributed by atoms with Gasteiger partial charge in [-0.15, -0.1) is 0 Å². The number of rotatable bonds is 6. The van der Waals surface area contributed by atoms with Crippen LogP contribution in [0.25, 0.3) is 0 Å². The molecule has 0 saturated carbocycles. The van der Waals surface area contributed by atoms with E-state index >= 15 is 0 Å². The van der Waals surface area contributed by atoms with Gasteiger partial charge in [-0.2, -0.15) is 15.0 Å². The number of fused-ring (bicyclic) bond motifs is 4. The fraction of sp³-hybridized carbons (Fsp3) is 0.579. The molecule has 2 aliphatic rings. The highest BCUT2D eigenvalue weighted by Gasteiger charge is 2.35. The molecule has 8 heteroatoms. The molecule has 2 aliphatic heterocycles. The summed E-state index contributed by atoms with van der Waals surface area (Å²) in [6, 6.07) is 5.93. The van der Waals surface area contributed by atoms with Crippen LogP contribution in [0.15, 0.2) is 23.0 Å². The van der Waals surface area contributed by atoms with Gasteiger partial charge in [0, 0.05) is 43.9 Å². The van der Waals surface area contributed by atoms with Crippen molar-refractivity contribution < 1.29 is 4.74 Å². The number of hydrogen-bond acceptors (Lipinski definition) is 7. The molecule has 1 N–H and O–H groups in total. The molecule has 0 spiro atoms. The summed E-state index contributed by atoms with van der Waals surface area (Å²) in [6.45, 7) is 7.72. The summed E-state index contributed by atoms with van der Waals surface area (Å²) in [4.78, 5) is 27.9. The highest BCUT2D eigenvalue weighted by Crippen LogP contribution is 2.36. The van der Waals surface area contributed by atoms with E-state index in [4.69, 9.17) is 4.74 Å². The minimum absolute atomic E-state index is 0.0977. The molecule has 1 fully saturated rings. The minimum Gasteiger partial charge on any atom is -0.464 e. The molecule has 4 rings (SSSR count). The Bertz CT molecular complexity index is 868. The second-order valence-corrected chi connectivity index (χ2v) is 7.20. The van der Waals surface area contributed by atoms with Crippen molar-refractivity contribution in [3.63, 3.8) is 0 Å². The first-order valence-electron chi connectivity index (χ1n) is 9.75. The van der Waals surface area contributed by atoms with E-state index in [1.54, 1.807) is 6.07 Å². The summed E-state index contributed by atoms with van der Waals surface area (Å²) in [5, 5.41) is 3.23. The van der Waals surface area contributed by atoms with Crippen molar-refractivity contribution in [3.8, 4) is 6.01 Å². The zero-order valence-electron chi connectivity index (χ0n) is 15.9. The van der Waals surface area contributed by atoms with E-state index in [1.165, 1.54) is 0 Å². The van der Waals surface area contributed by atoms with E-state index in [0.717, 1.165) is 44.7 Å². The molecule has 0 unspecified atom stereocenters. The third kappa shape index (κ3) is 3.61. The largest absolute Gasteiger partial charge is 0.464 e. The summed E-state index contributed by atoms with van der Waals surface area (Å²) >= 11 is 0. The highest BCUT2D eigenvalue weighted by atomic mass is 16.5. The summed E-state index contributed by atoms with van der Waals surface area (Å²) in [7, 11) is 0. The number of hydrogen-bond donors (Lipinski definition) is 1. The van der Waals surface area contributed by atoms with Crippen molar-refractivity contribution in [1.82, 2.24) is 19.5 Å². The van der Waals surface area contributed by atoms with Crippen LogP contribution in [-0.2, 0) is 6.54 Å². The lowest BCUT2D eigenvalue weighted by Gasteiger charge is -2.42.